The summed E-state index contributed by atoms with van der Waals surface area (Å²) >= 11 is 0. The van der Waals surface area contributed by atoms with Crippen LogP contribution in [0.1, 0.15) is 13.8 Å². The summed E-state index contributed by atoms with van der Waals surface area (Å²) < 4.78 is 38.2. The first kappa shape index (κ1) is 12.2. The van der Waals surface area contributed by atoms with Gasteiger partial charge in [-0.1, -0.05) is 0 Å². The maximum Gasteiger partial charge on any atom is 0.232 e. The number of halogens is 1. The molecule has 0 amide bonds. The molecule has 0 aromatic heterocycles. The third-order valence-corrected chi connectivity index (χ3v) is 4.13. The minimum Gasteiger partial charge on any atom is -0.381 e. The molecule has 0 fully saturated rings. The third kappa shape index (κ3) is 2.09. The second-order valence-electron chi connectivity index (χ2n) is 4.85. The van der Waals surface area contributed by atoms with Crippen molar-refractivity contribution in [3.8, 4) is 0 Å². The minimum absolute atomic E-state index is 0.365. The zero-order chi connectivity index (χ0) is 12.8. The smallest absolute Gasteiger partial charge is 0.232 e. The summed E-state index contributed by atoms with van der Waals surface area (Å²) in [5.74, 6) is -0.447. The van der Waals surface area contributed by atoms with Crippen LogP contribution in [0, 0.1) is 5.82 Å². The van der Waals surface area contributed by atoms with Crippen LogP contribution >= 0.6 is 0 Å². The molecule has 1 aliphatic heterocycles. The van der Waals surface area contributed by atoms with Gasteiger partial charge in [0.25, 0.3) is 0 Å². The van der Waals surface area contributed by atoms with E-state index in [1.807, 2.05) is 0 Å². The van der Waals surface area contributed by atoms with Gasteiger partial charge in [-0.25, -0.2) is 12.8 Å². The lowest BCUT2D eigenvalue weighted by Crippen LogP contribution is -2.54. The van der Waals surface area contributed by atoms with E-state index in [4.69, 9.17) is 0 Å². The van der Waals surface area contributed by atoms with Crippen LogP contribution in [-0.4, -0.2) is 26.8 Å². The van der Waals surface area contributed by atoms with E-state index in [0.29, 0.717) is 17.9 Å². The largest absolute Gasteiger partial charge is 0.381 e. The number of nitrogens with zero attached hydrogens (tertiary/aromatic N) is 1. The summed E-state index contributed by atoms with van der Waals surface area (Å²) in [4.78, 5) is 0. The van der Waals surface area contributed by atoms with Gasteiger partial charge in [-0.3, -0.25) is 4.31 Å². The zero-order valence-electron chi connectivity index (χ0n) is 9.99. The summed E-state index contributed by atoms with van der Waals surface area (Å²) in [5, 5.41) is 3.11. The molecule has 0 saturated heterocycles. The second kappa shape index (κ2) is 3.60. The topological polar surface area (TPSA) is 49.4 Å². The van der Waals surface area contributed by atoms with Crippen LogP contribution in [0.15, 0.2) is 18.2 Å². The van der Waals surface area contributed by atoms with Crippen molar-refractivity contribution in [1.82, 2.24) is 0 Å². The van der Waals surface area contributed by atoms with Gasteiger partial charge in [0.1, 0.15) is 5.82 Å². The number of benzene rings is 1. The molecule has 0 atom stereocenters. The van der Waals surface area contributed by atoms with Gasteiger partial charge in [0.05, 0.1) is 23.2 Å². The summed E-state index contributed by atoms with van der Waals surface area (Å²) in [5.41, 5.74) is 0.383. The molecule has 1 aliphatic rings. The van der Waals surface area contributed by atoms with Crippen LogP contribution < -0.4 is 9.62 Å². The van der Waals surface area contributed by atoms with Crippen LogP contribution in [-0.2, 0) is 10.0 Å². The lowest BCUT2D eigenvalue weighted by molar-refractivity contribution is 0.513. The molecule has 0 bridgehead atoms. The van der Waals surface area contributed by atoms with E-state index >= 15 is 0 Å². The Labute approximate surface area is 100 Å². The first-order chi connectivity index (χ1) is 7.72. The Bertz CT molecular complexity index is 555. The van der Waals surface area contributed by atoms with Crippen LogP contribution in [0.5, 0.6) is 0 Å². The molecule has 1 heterocycles. The molecule has 94 valence electrons. The second-order valence-corrected chi connectivity index (χ2v) is 6.69. The SMILES string of the molecule is CC1(C)CNc2ccc(F)cc2N1S(C)(=O)=O. The normalized spacial score (nSPS) is 18.5. The molecule has 4 nitrogen and oxygen atoms in total. The van der Waals surface area contributed by atoms with Crippen molar-refractivity contribution in [3.05, 3.63) is 24.0 Å². The molecule has 17 heavy (non-hydrogen) atoms. The molecular formula is C11H15FN2O2S. The molecule has 6 heteroatoms. The molecule has 2 rings (SSSR count). The Morgan fingerprint density at radius 1 is 1.41 bits per heavy atom. The highest BCUT2D eigenvalue weighted by Crippen LogP contribution is 2.38. The van der Waals surface area contributed by atoms with Crippen LogP contribution in [0.4, 0.5) is 15.8 Å². The Balaban J connectivity index is 2.67. The average molecular weight is 258 g/mol. The van der Waals surface area contributed by atoms with E-state index in [9.17, 15) is 12.8 Å². The predicted octanol–water partition coefficient (Wildman–Crippen LogP) is 1.80. The molecule has 0 unspecified atom stereocenters. The molecule has 0 spiro atoms. The first-order valence-corrected chi connectivity index (χ1v) is 7.10. The van der Waals surface area contributed by atoms with Crippen molar-refractivity contribution in [3.63, 3.8) is 0 Å². The number of fused-ring (bicyclic) bond motifs is 1. The standard InChI is InChI=1S/C11H15FN2O2S/c1-11(2)7-13-9-5-4-8(12)6-10(9)14(11)17(3,15)16/h4-6,13H,7H2,1-3H3. The van der Waals surface area contributed by atoms with Crippen molar-refractivity contribution in [1.29, 1.82) is 0 Å². The fourth-order valence-electron chi connectivity index (χ4n) is 2.16. The lowest BCUT2D eigenvalue weighted by atomic mass is 10.0. The van der Waals surface area contributed by atoms with Gasteiger partial charge in [0.15, 0.2) is 0 Å². The van der Waals surface area contributed by atoms with Gasteiger partial charge in [-0.15, -0.1) is 0 Å². The molecular weight excluding hydrogens is 243 g/mol. The molecule has 1 aromatic rings. The number of sulfonamides is 1. The maximum atomic E-state index is 13.3. The summed E-state index contributed by atoms with van der Waals surface area (Å²) in [7, 11) is -3.44. The van der Waals surface area contributed by atoms with E-state index < -0.39 is 21.4 Å². The first-order valence-electron chi connectivity index (χ1n) is 5.26. The number of rotatable bonds is 1. The van der Waals surface area contributed by atoms with E-state index in [-0.39, 0.29) is 0 Å². The van der Waals surface area contributed by atoms with Gasteiger partial charge in [-0.2, -0.15) is 0 Å². The van der Waals surface area contributed by atoms with Gasteiger partial charge in [0.2, 0.25) is 10.0 Å². The Hall–Kier alpha value is -1.30. The summed E-state index contributed by atoms with van der Waals surface area (Å²) in [6.07, 6.45) is 1.13. The minimum atomic E-state index is -3.44. The fraction of sp³-hybridized carbons (Fsp3) is 0.455. The van der Waals surface area contributed by atoms with E-state index in [1.165, 1.54) is 16.4 Å². The van der Waals surface area contributed by atoms with E-state index in [1.54, 1.807) is 19.9 Å². The Kier molecular flexibility index (Phi) is 2.57. The predicted molar refractivity (Wildman–Crippen MR) is 66.3 cm³/mol. The van der Waals surface area contributed by atoms with Crippen LogP contribution in [0.3, 0.4) is 0 Å². The third-order valence-electron chi connectivity index (χ3n) is 2.77. The average Bonchev–Trinajstić information content (AvgIpc) is 2.13. The number of anilines is 2. The van der Waals surface area contributed by atoms with Gasteiger partial charge in [0, 0.05) is 12.6 Å². The van der Waals surface area contributed by atoms with Crippen molar-refractivity contribution in [2.45, 2.75) is 19.4 Å². The van der Waals surface area contributed by atoms with Crippen molar-refractivity contribution in [2.24, 2.45) is 0 Å². The Morgan fingerprint density at radius 3 is 2.65 bits per heavy atom. The summed E-state index contributed by atoms with van der Waals surface area (Å²) in [6, 6.07) is 4.10. The fourth-order valence-corrected chi connectivity index (χ4v) is 3.63. The molecule has 1 N–H and O–H groups in total. The van der Waals surface area contributed by atoms with Gasteiger partial charge >= 0.3 is 0 Å². The highest BCUT2D eigenvalue weighted by molar-refractivity contribution is 7.92. The lowest BCUT2D eigenvalue weighted by Gasteiger charge is -2.43. The van der Waals surface area contributed by atoms with Gasteiger partial charge in [-0.05, 0) is 26.0 Å². The number of hydrogen-bond acceptors (Lipinski definition) is 3. The maximum absolute atomic E-state index is 13.3. The van der Waals surface area contributed by atoms with Crippen molar-refractivity contribution >= 4 is 21.4 Å². The van der Waals surface area contributed by atoms with Crippen LogP contribution in [0.2, 0.25) is 0 Å². The van der Waals surface area contributed by atoms with Crippen molar-refractivity contribution in [2.75, 3.05) is 22.4 Å². The monoisotopic (exact) mass is 258 g/mol. The summed E-state index contributed by atoms with van der Waals surface area (Å²) in [6.45, 7) is 4.09. The zero-order valence-corrected chi connectivity index (χ0v) is 10.8. The molecule has 0 aliphatic carbocycles. The Morgan fingerprint density at radius 2 is 2.06 bits per heavy atom. The van der Waals surface area contributed by atoms with E-state index in [0.717, 1.165) is 6.26 Å². The highest BCUT2D eigenvalue weighted by atomic mass is 32.2. The van der Waals surface area contributed by atoms with Crippen molar-refractivity contribution < 1.29 is 12.8 Å². The molecule has 0 radical (unpaired) electrons. The van der Waals surface area contributed by atoms with E-state index in [2.05, 4.69) is 5.32 Å². The van der Waals surface area contributed by atoms with Crippen LogP contribution in [0.25, 0.3) is 0 Å². The molecule has 1 aromatic carbocycles. The highest BCUT2D eigenvalue weighted by Gasteiger charge is 2.38. The number of hydrogen-bond donors (Lipinski definition) is 1. The molecule has 0 saturated carbocycles. The number of nitrogens with one attached hydrogen (secondary N) is 1. The quantitative estimate of drug-likeness (QED) is 0.835. The van der Waals surface area contributed by atoms with Gasteiger partial charge < -0.3 is 5.32 Å².